The summed E-state index contributed by atoms with van der Waals surface area (Å²) in [5, 5.41) is 7.39. The van der Waals surface area contributed by atoms with Crippen LogP contribution in [0.2, 0.25) is 0 Å². The van der Waals surface area contributed by atoms with Gasteiger partial charge in [0.1, 0.15) is 0 Å². The molecule has 1 saturated heterocycles. The Morgan fingerprint density at radius 2 is 2.15 bits per heavy atom. The molecule has 1 N–H and O–H groups in total. The Kier molecular flexibility index (Phi) is 5.94. The molecule has 5 nitrogen and oxygen atoms in total. The molecule has 0 bridgehead atoms. The van der Waals surface area contributed by atoms with Gasteiger partial charge in [-0.1, -0.05) is 6.07 Å². The van der Waals surface area contributed by atoms with E-state index >= 15 is 0 Å². The number of nitrogens with zero attached hydrogens (tertiary/aromatic N) is 3. The maximum atomic E-state index is 13.0. The van der Waals surface area contributed by atoms with Crippen molar-refractivity contribution < 1.29 is 4.79 Å². The highest BCUT2D eigenvalue weighted by Crippen LogP contribution is 2.21. The number of thiophene rings is 1. The second-order valence-electron chi connectivity index (χ2n) is 7.90. The van der Waals surface area contributed by atoms with E-state index in [1.807, 2.05) is 28.6 Å². The molecule has 1 aliphatic rings. The maximum Gasteiger partial charge on any atom is 0.318 e. The van der Waals surface area contributed by atoms with Gasteiger partial charge in [0.05, 0.1) is 0 Å². The topological polar surface area (TPSA) is 48.5 Å². The van der Waals surface area contributed by atoms with E-state index in [0.29, 0.717) is 13.1 Å². The smallest absolute Gasteiger partial charge is 0.318 e. The Labute approximate surface area is 160 Å². The quantitative estimate of drug-likeness (QED) is 0.870. The number of amides is 2. The summed E-state index contributed by atoms with van der Waals surface area (Å²) in [5.74, 6) is 0. The highest BCUT2D eigenvalue weighted by Gasteiger charge is 2.31. The van der Waals surface area contributed by atoms with Crippen molar-refractivity contribution in [1.29, 1.82) is 0 Å². The number of hydrogen-bond donors (Lipinski definition) is 1. The molecule has 3 rings (SSSR count). The number of likely N-dealkylation sites (tertiary alicyclic amines) is 1. The first kappa shape index (κ1) is 18.9. The number of carbonyl (C=O) groups is 1. The molecular weight excluding hydrogens is 344 g/mol. The Morgan fingerprint density at radius 1 is 1.35 bits per heavy atom. The second kappa shape index (κ2) is 8.18. The minimum atomic E-state index is 0.000752. The summed E-state index contributed by atoms with van der Waals surface area (Å²) in [6.45, 7) is 9.79. The van der Waals surface area contributed by atoms with Crippen LogP contribution in [0.25, 0.3) is 0 Å². The van der Waals surface area contributed by atoms with Crippen LogP contribution >= 0.6 is 11.3 Å². The van der Waals surface area contributed by atoms with Crippen molar-refractivity contribution in [3.05, 3.63) is 52.5 Å². The third-order valence-corrected chi connectivity index (χ3v) is 5.53. The molecule has 1 aliphatic heterocycles. The molecule has 3 heterocycles. The predicted molar refractivity (Wildman–Crippen MR) is 106 cm³/mol. The Bertz CT molecular complexity index is 696. The number of rotatable bonds is 5. The van der Waals surface area contributed by atoms with Gasteiger partial charge in [0.2, 0.25) is 0 Å². The third-order valence-electron chi connectivity index (χ3n) is 4.80. The fourth-order valence-electron chi connectivity index (χ4n) is 3.27. The van der Waals surface area contributed by atoms with Crippen molar-refractivity contribution in [1.82, 2.24) is 20.1 Å². The molecule has 2 aromatic rings. The molecule has 0 radical (unpaired) electrons. The largest absolute Gasteiger partial charge is 0.334 e. The Balaban J connectivity index is 1.65. The van der Waals surface area contributed by atoms with Crippen molar-refractivity contribution in [2.24, 2.45) is 0 Å². The number of urea groups is 1. The first-order valence-corrected chi connectivity index (χ1v) is 10.1. The van der Waals surface area contributed by atoms with Crippen LogP contribution in [0.3, 0.4) is 0 Å². The zero-order chi connectivity index (χ0) is 18.6. The van der Waals surface area contributed by atoms with Gasteiger partial charge >= 0.3 is 6.03 Å². The van der Waals surface area contributed by atoms with E-state index in [9.17, 15) is 4.79 Å². The molecule has 140 valence electrons. The number of aromatic nitrogens is 1. The summed E-state index contributed by atoms with van der Waals surface area (Å²) in [6, 6.07) is 6.21. The fraction of sp³-hybridized carbons (Fsp3) is 0.500. The zero-order valence-electron chi connectivity index (χ0n) is 15.8. The summed E-state index contributed by atoms with van der Waals surface area (Å²) in [6.07, 6.45) is 4.58. The van der Waals surface area contributed by atoms with Gasteiger partial charge in [-0.3, -0.25) is 9.88 Å². The number of carbonyl (C=O) groups excluding carboxylic acids is 1. The molecule has 0 aromatic carbocycles. The van der Waals surface area contributed by atoms with Crippen LogP contribution in [-0.2, 0) is 13.1 Å². The van der Waals surface area contributed by atoms with Gasteiger partial charge in [0.15, 0.2) is 0 Å². The van der Waals surface area contributed by atoms with E-state index in [1.165, 1.54) is 0 Å². The molecule has 2 aromatic heterocycles. The lowest BCUT2D eigenvalue weighted by Crippen LogP contribution is -2.47. The lowest BCUT2D eigenvalue weighted by atomic mass is 10.1. The van der Waals surface area contributed by atoms with Gasteiger partial charge < -0.3 is 10.2 Å². The lowest BCUT2D eigenvalue weighted by molar-refractivity contribution is 0.165. The summed E-state index contributed by atoms with van der Waals surface area (Å²) >= 11 is 1.66. The molecule has 1 unspecified atom stereocenters. The molecule has 6 heteroatoms. The zero-order valence-corrected chi connectivity index (χ0v) is 16.6. The second-order valence-corrected chi connectivity index (χ2v) is 8.68. The third kappa shape index (κ3) is 5.05. The number of nitrogens with one attached hydrogen (secondary N) is 1. The average Bonchev–Trinajstić information content (AvgIpc) is 3.26. The Morgan fingerprint density at radius 3 is 2.77 bits per heavy atom. The average molecular weight is 373 g/mol. The number of hydrogen-bond acceptors (Lipinski definition) is 4. The molecule has 0 spiro atoms. The summed E-state index contributed by atoms with van der Waals surface area (Å²) in [4.78, 5) is 21.4. The van der Waals surface area contributed by atoms with Gasteiger partial charge in [-0.25, -0.2) is 4.79 Å². The normalized spacial score (nSPS) is 18.0. The van der Waals surface area contributed by atoms with Crippen LogP contribution in [0.1, 0.15) is 38.3 Å². The standard InChI is InChI=1S/C20H28N4OS/c1-20(2,3)24-9-6-18(14-24)22-19(25)23(13-17-7-10-26-15-17)12-16-5-4-8-21-11-16/h4-5,7-8,10-11,15,18H,6,9,12-14H2,1-3H3,(H,22,25). The van der Waals surface area contributed by atoms with E-state index in [0.717, 1.165) is 30.6 Å². The Hall–Kier alpha value is -1.92. The molecule has 0 saturated carbocycles. The van der Waals surface area contributed by atoms with Crippen LogP contribution in [0.5, 0.6) is 0 Å². The molecule has 2 amide bonds. The van der Waals surface area contributed by atoms with Crippen LogP contribution in [0, 0.1) is 0 Å². The molecule has 26 heavy (non-hydrogen) atoms. The fourth-order valence-corrected chi connectivity index (χ4v) is 3.93. The van der Waals surface area contributed by atoms with Gasteiger partial charge in [-0.15, -0.1) is 0 Å². The lowest BCUT2D eigenvalue weighted by Gasteiger charge is -2.32. The van der Waals surface area contributed by atoms with E-state index in [4.69, 9.17) is 0 Å². The van der Waals surface area contributed by atoms with Gasteiger partial charge in [0, 0.05) is 50.2 Å². The molecule has 0 aliphatic carbocycles. The van der Waals surface area contributed by atoms with Crippen LogP contribution in [-0.4, -0.2) is 45.5 Å². The SMILES string of the molecule is CC(C)(C)N1CCC(NC(=O)N(Cc2cccnc2)Cc2ccsc2)C1. The van der Waals surface area contributed by atoms with Gasteiger partial charge in [-0.2, -0.15) is 11.3 Å². The van der Waals surface area contributed by atoms with E-state index in [-0.39, 0.29) is 17.6 Å². The molecule has 1 fully saturated rings. The minimum Gasteiger partial charge on any atom is -0.334 e. The van der Waals surface area contributed by atoms with E-state index in [2.05, 4.69) is 47.4 Å². The van der Waals surface area contributed by atoms with E-state index in [1.54, 1.807) is 17.5 Å². The van der Waals surface area contributed by atoms with Crippen molar-refractivity contribution in [2.45, 2.75) is 51.9 Å². The maximum absolute atomic E-state index is 13.0. The highest BCUT2D eigenvalue weighted by atomic mass is 32.1. The van der Waals surface area contributed by atoms with Gasteiger partial charge in [-0.05, 0) is 61.2 Å². The van der Waals surface area contributed by atoms with E-state index < -0.39 is 0 Å². The van der Waals surface area contributed by atoms with Crippen LogP contribution < -0.4 is 5.32 Å². The highest BCUT2D eigenvalue weighted by molar-refractivity contribution is 7.07. The van der Waals surface area contributed by atoms with Crippen molar-refractivity contribution in [3.63, 3.8) is 0 Å². The van der Waals surface area contributed by atoms with Crippen molar-refractivity contribution in [3.8, 4) is 0 Å². The van der Waals surface area contributed by atoms with Crippen molar-refractivity contribution in [2.75, 3.05) is 13.1 Å². The van der Waals surface area contributed by atoms with Crippen LogP contribution in [0.4, 0.5) is 4.79 Å². The monoisotopic (exact) mass is 372 g/mol. The van der Waals surface area contributed by atoms with Crippen molar-refractivity contribution >= 4 is 17.4 Å². The summed E-state index contributed by atoms with van der Waals surface area (Å²) < 4.78 is 0. The van der Waals surface area contributed by atoms with Gasteiger partial charge in [0.25, 0.3) is 0 Å². The predicted octanol–water partition coefficient (Wildman–Crippen LogP) is 3.73. The van der Waals surface area contributed by atoms with Crippen LogP contribution in [0.15, 0.2) is 41.4 Å². The first-order valence-electron chi connectivity index (χ1n) is 9.12. The minimum absolute atomic E-state index is 0.000752. The molecular formula is C20H28N4OS. The summed E-state index contributed by atoms with van der Waals surface area (Å²) in [7, 11) is 0. The summed E-state index contributed by atoms with van der Waals surface area (Å²) in [5.41, 5.74) is 2.35. The molecule has 1 atom stereocenters. The first-order chi connectivity index (χ1) is 12.4. The number of pyridine rings is 1.